The Morgan fingerprint density at radius 3 is 2.58 bits per heavy atom. The molecule has 1 aliphatic rings. The number of hydrogen-bond donors (Lipinski definition) is 0. The lowest BCUT2D eigenvalue weighted by atomic mass is 9.84. The maximum Gasteiger partial charge on any atom is 0.257 e. The number of furan rings is 1. The van der Waals surface area contributed by atoms with Gasteiger partial charge in [0.1, 0.15) is 18.4 Å². The zero-order valence-electron chi connectivity index (χ0n) is 19.3. The van der Waals surface area contributed by atoms with E-state index in [1.807, 2.05) is 42.0 Å². The SMILES string of the molecule is Cc1occc1C(=O)N(C)C(Cc1ccccc1)C1CCN(C(=O)CCn2cncn2)CC1. The second kappa shape index (κ2) is 10.5. The van der Waals surface area contributed by atoms with E-state index in [1.165, 1.54) is 11.9 Å². The van der Waals surface area contributed by atoms with Crippen LogP contribution in [0.1, 0.15) is 40.9 Å². The maximum atomic E-state index is 13.3. The van der Waals surface area contributed by atoms with Crippen molar-refractivity contribution in [3.63, 3.8) is 0 Å². The molecule has 1 atom stereocenters. The molecular formula is C25H31N5O3. The highest BCUT2D eigenvalue weighted by molar-refractivity contribution is 5.95. The molecule has 8 nitrogen and oxygen atoms in total. The zero-order valence-corrected chi connectivity index (χ0v) is 19.3. The van der Waals surface area contributed by atoms with Crippen LogP contribution in [0.2, 0.25) is 0 Å². The minimum Gasteiger partial charge on any atom is -0.469 e. The van der Waals surface area contributed by atoms with Gasteiger partial charge in [0, 0.05) is 32.6 Å². The van der Waals surface area contributed by atoms with Crippen molar-refractivity contribution >= 4 is 11.8 Å². The van der Waals surface area contributed by atoms with Crippen LogP contribution in [0.25, 0.3) is 0 Å². The molecule has 2 amide bonds. The number of carbonyl (C=O) groups excluding carboxylic acids is 2. The van der Waals surface area contributed by atoms with Gasteiger partial charge in [-0.25, -0.2) is 4.98 Å². The minimum atomic E-state index is -0.0199. The average Bonchev–Trinajstić information content (AvgIpc) is 3.52. The number of nitrogens with zero attached hydrogens (tertiary/aromatic N) is 5. The third kappa shape index (κ3) is 5.50. The van der Waals surface area contributed by atoms with Crippen LogP contribution in [0.3, 0.4) is 0 Å². The van der Waals surface area contributed by atoms with Crippen LogP contribution in [-0.4, -0.2) is 62.6 Å². The summed E-state index contributed by atoms with van der Waals surface area (Å²) in [6, 6.07) is 12.1. The standard InChI is InChI=1S/C25H31N5O3/c1-19-22(11-15-33-19)25(32)28(2)23(16-20-6-4-3-5-7-20)21-8-12-29(13-9-21)24(31)10-14-30-18-26-17-27-30/h3-7,11,15,17-18,21,23H,8-10,12-14,16H2,1-2H3. The number of rotatable bonds is 8. The Hall–Kier alpha value is -3.42. The van der Waals surface area contributed by atoms with Crippen molar-refractivity contribution in [3.8, 4) is 0 Å². The molecule has 4 rings (SSSR count). The number of aryl methyl sites for hydroxylation is 2. The quantitative estimate of drug-likeness (QED) is 0.527. The Bertz CT molecular complexity index is 1040. The van der Waals surface area contributed by atoms with Crippen LogP contribution >= 0.6 is 0 Å². The molecule has 0 N–H and O–H groups in total. The number of piperidine rings is 1. The summed E-state index contributed by atoms with van der Waals surface area (Å²) >= 11 is 0. The van der Waals surface area contributed by atoms with Gasteiger partial charge in [-0.1, -0.05) is 30.3 Å². The summed E-state index contributed by atoms with van der Waals surface area (Å²) in [5, 5.41) is 4.06. The molecule has 0 radical (unpaired) electrons. The van der Waals surface area contributed by atoms with Crippen LogP contribution in [0.5, 0.6) is 0 Å². The molecule has 174 valence electrons. The van der Waals surface area contributed by atoms with Gasteiger partial charge in [-0.05, 0) is 43.7 Å². The fraction of sp³-hybridized carbons (Fsp3) is 0.440. The topological polar surface area (TPSA) is 84.5 Å². The summed E-state index contributed by atoms with van der Waals surface area (Å²) in [6.45, 7) is 3.77. The van der Waals surface area contributed by atoms with Crippen molar-refractivity contribution < 1.29 is 14.0 Å². The molecule has 3 aromatic rings. The van der Waals surface area contributed by atoms with E-state index in [2.05, 4.69) is 22.2 Å². The summed E-state index contributed by atoms with van der Waals surface area (Å²) in [7, 11) is 1.89. The van der Waals surface area contributed by atoms with Crippen molar-refractivity contribution in [1.29, 1.82) is 0 Å². The average molecular weight is 450 g/mol. The highest BCUT2D eigenvalue weighted by Crippen LogP contribution is 2.28. The van der Waals surface area contributed by atoms with E-state index in [1.54, 1.807) is 23.3 Å². The van der Waals surface area contributed by atoms with Crippen LogP contribution < -0.4 is 0 Å². The lowest BCUT2D eigenvalue weighted by molar-refractivity contribution is -0.133. The summed E-state index contributed by atoms with van der Waals surface area (Å²) < 4.78 is 7.05. The number of benzene rings is 1. The molecule has 3 heterocycles. The first-order valence-electron chi connectivity index (χ1n) is 11.5. The number of carbonyl (C=O) groups is 2. The molecule has 33 heavy (non-hydrogen) atoms. The van der Waals surface area contributed by atoms with E-state index >= 15 is 0 Å². The molecule has 1 aromatic carbocycles. The molecular weight excluding hydrogens is 418 g/mol. The van der Waals surface area contributed by atoms with Gasteiger partial charge in [0.2, 0.25) is 5.91 Å². The molecule has 0 spiro atoms. The van der Waals surface area contributed by atoms with Gasteiger partial charge in [0.25, 0.3) is 5.91 Å². The van der Waals surface area contributed by atoms with E-state index in [0.29, 0.717) is 43.3 Å². The summed E-state index contributed by atoms with van der Waals surface area (Å²) in [5.41, 5.74) is 1.81. The first-order chi connectivity index (χ1) is 16.0. The van der Waals surface area contributed by atoms with E-state index in [9.17, 15) is 9.59 Å². The van der Waals surface area contributed by atoms with Gasteiger partial charge in [0.05, 0.1) is 18.4 Å². The van der Waals surface area contributed by atoms with Crippen molar-refractivity contribution in [1.82, 2.24) is 24.6 Å². The van der Waals surface area contributed by atoms with Crippen molar-refractivity contribution in [3.05, 3.63) is 72.2 Å². The third-order valence-corrected chi connectivity index (χ3v) is 6.65. The maximum absolute atomic E-state index is 13.3. The Balaban J connectivity index is 1.42. The molecule has 1 aliphatic heterocycles. The molecule has 0 saturated carbocycles. The minimum absolute atomic E-state index is 0.0199. The van der Waals surface area contributed by atoms with E-state index < -0.39 is 0 Å². The van der Waals surface area contributed by atoms with E-state index in [-0.39, 0.29) is 17.9 Å². The predicted molar refractivity (Wildman–Crippen MR) is 123 cm³/mol. The summed E-state index contributed by atoms with van der Waals surface area (Å²) in [4.78, 5) is 33.7. The van der Waals surface area contributed by atoms with Gasteiger partial charge < -0.3 is 14.2 Å². The fourth-order valence-electron chi connectivity index (χ4n) is 4.67. The molecule has 1 fully saturated rings. The summed E-state index contributed by atoms with van der Waals surface area (Å²) in [5.74, 6) is 1.07. The Morgan fingerprint density at radius 2 is 1.94 bits per heavy atom. The number of hydrogen-bond acceptors (Lipinski definition) is 5. The van der Waals surface area contributed by atoms with Crippen molar-refractivity contribution in [2.45, 2.75) is 45.2 Å². The van der Waals surface area contributed by atoms with Gasteiger partial charge in [-0.15, -0.1) is 0 Å². The second-order valence-corrected chi connectivity index (χ2v) is 8.69. The van der Waals surface area contributed by atoms with Crippen LogP contribution in [0.4, 0.5) is 0 Å². The molecule has 0 aliphatic carbocycles. The predicted octanol–water partition coefficient (Wildman–Crippen LogP) is 3.19. The van der Waals surface area contributed by atoms with Crippen LogP contribution in [0, 0.1) is 12.8 Å². The molecule has 1 saturated heterocycles. The van der Waals surface area contributed by atoms with Crippen LogP contribution in [0.15, 0.2) is 59.7 Å². The Kier molecular flexibility index (Phi) is 7.22. The largest absolute Gasteiger partial charge is 0.469 e. The number of likely N-dealkylation sites (N-methyl/N-ethyl adjacent to an activating group) is 1. The first kappa shape index (κ1) is 22.8. The lowest BCUT2D eigenvalue weighted by Gasteiger charge is -2.40. The van der Waals surface area contributed by atoms with E-state index in [4.69, 9.17) is 4.42 Å². The Morgan fingerprint density at radius 1 is 1.18 bits per heavy atom. The van der Waals surface area contributed by atoms with Gasteiger partial charge in [0.15, 0.2) is 0 Å². The van der Waals surface area contributed by atoms with E-state index in [0.717, 1.165) is 19.3 Å². The normalized spacial score (nSPS) is 15.4. The van der Waals surface area contributed by atoms with Crippen molar-refractivity contribution in [2.75, 3.05) is 20.1 Å². The molecule has 0 bridgehead atoms. The first-order valence-corrected chi connectivity index (χ1v) is 11.5. The van der Waals surface area contributed by atoms with Gasteiger partial charge >= 0.3 is 0 Å². The number of amides is 2. The highest BCUT2D eigenvalue weighted by atomic mass is 16.3. The zero-order chi connectivity index (χ0) is 23.2. The number of likely N-dealkylation sites (tertiary alicyclic amines) is 1. The number of aromatic nitrogens is 3. The smallest absolute Gasteiger partial charge is 0.257 e. The third-order valence-electron chi connectivity index (χ3n) is 6.65. The monoisotopic (exact) mass is 449 g/mol. The van der Waals surface area contributed by atoms with Crippen molar-refractivity contribution in [2.24, 2.45) is 5.92 Å². The van der Waals surface area contributed by atoms with Gasteiger partial charge in [-0.3, -0.25) is 14.3 Å². The van der Waals surface area contributed by atoms with Gasteiger partial charge in [-0.2, -0.15) is 5.10 Å². The molecule has 8 heteroatoms. The highest BCUT2D eigenvalue weighted by Gasteiger charge is 2.33. The summed E-state index contributed by atoms with van der Waals surface area (Å²) in [6.07, 6.45) is 7.60. The lowest BCUT2D eigenvalue weighted by Crippen LogP contribution is -2.48. The molecule has 2 aromatic heterocycles. The molecule has 1 unspecified atom stereocenters. The fourth-order valence-corrected chi connectivity index (χ4v) is 4.67. The second-order valence-electron chi connectivity index (χ2n) is 8.69. The van der Waals surface area contributed by atoms with Crippen LogP contribution in [-0.2, 0) is 17.8 Å². The Labute approximate surface area is 194 Å².